The zero-order valence-corrected chi connectivity index (χ0v) is 11.4. The molecule has 0 spiro atoms. The summed E-state index contributed by atoms with van der Waals surface area (Å²) in [6.45, 7) is 3.94. The van der Waals surface area contributed by atoms with Crippen LogP contribution in [0.2, 0.25) is 0 Å². The Morgan fingerprint density at radius 3 is 2.58 bits per heavy atom. The van der Waals surface area contributed by atoms with Crippen molar-refractivity contribution in [1.29, 1.82) is 0 Å². The monoisotopic (exact) mass is 255 g/mol. The Balaban J connectivity index is 1.78. The lowest BCUT2D eigenvalue weighted by Crippen LogP contribution is -2.30. The SMILES string of the molecule is CCN(CC(O)c1ccc2ccccc2c1)C1CC1. The van der Waals surface area contributed by atoms with Gasteiger partial charge in [-0.05, 0) is 41.8 Å². The zero-order chi connectivity index (χ0) is 13.2. The van der Waals surface area contributed by atoms with Crippen molar-refractivity contribution >= 4 is 10.8 Å². The third-order valence-corrected chi connectivity index (χ3v) is 4.04. The molecule has 3 rings (SSSR count). The van der Waals surface area contributed by atoms with Crippen molar-refractivity contribution < 1.29 is 5.11 Å². The van der Waals surface area contributed by atoms with Crippen LogP contribution in [0, 0.1) is 0 Å². The van der Waals surface area contributed by atoms with Crippen LogP contribution in [0.5, 0.6) is 0 Å². The number of aliphatic hydroxyl groups is 1. The fourth-order valence-corrected chi connectivity index (χ4v) is 2.72. The summed E-state index contributed by atoms with van der Waals surface area (Å²) in [6, 6.07) is 15.3. The number of fused-ring (bicyclic) bond motifs is 1. The summed E-state index contributed by atoms with van der Waals surface area (Å²) in [5.41, 5.74) is 1.03. The number of rotatable bonds is 5. The van der Waals surface area contributed by atoms with Crippen LogP contribution in [0.25, 0.3) is 10.8 Å². The van der Waals surface area contributed by atoms with Crippen molar-refractivity contribution in [1.82, 2.24) is 4.90 Å². The van der Waals surface area contributed by atoms with E-state index < -0.39 is 0 Å². The average molecular weight is 255 g/mol. The Bertz CT molecular complexity index is 562. The minimum absolute atomic E-state index is 0.384. The number of likely N-dealkylation sites (N-methyl/N-ethyl adjacent to an activating group) is 1. The minimum Gasteiger partial charge on any atom is -0.387 e. The lowest BCUT2D eigenvalue weighted by molar-refractivity contribution is 0.112. The maximum absolute atomic E-state index is 10.4. The molecule has 0 heterocycles. The van der Waals surface area contributed by atoms with E-state index in [4.69, 9.17) is 0 Å². The Morgan fingerprint density at radius 1 is 1.16 bits per heavy atom. The fourth-order valence-electron chi connectivity index (χ4n) is 2.72. The number of aliphatic hydroxyl groups excluding tert-OH is 1. The molecular weight excluding hydrogens is 234 g/mol. The standard InChI is InChI=1S/C17H21NO/c1-2-18(16-9-10-16)12-17(19)15-8-7-13-5-3-4-6-14(13)11-15/h3-8,11,16-17,19H,2,9-10,12H2,1H3. The van der Waals surface area contributed by atoms with E-state index in [0.717, 1.165) is 18.7 Å². The predicted octanol–water partition coefficient (Wildman–Crippen LogP) is 3.36. The van der Waals surface area contributed by atoms with Crippen LogP contribution >= 0.6 is 0 Å². The van der Waals surface area contributed by atoms with Crippen LogP contribution in [-0.2, 0) is 0 Å². The molecule has 1 saturated carbocycles. The molecule has 0 aromatic heterocycles. The Hall–Kier alpha value is -1.38. The molecule has 2 aromatic rings. The first-order valence-corrected chi connectivity index (χ1v) is 7.18. The number of hydrogen-bond acceptors (Lipinski definition) is 2. The molecule has 1 atom stereocenters. The van der Waals surface area contributed by atoms with Crippen LogP contribution in [0.3, 0.4) is 0 Å². The second-order valence-corrected chi connectivity index (χ2v) is 5.44. The first-order chi connectivity index (χ1) is 9.28. The average Bonchev–Trinajstić information content (AvgIpc) is 3.28. The maximum Gasteiger partial charge on any atom is 0.0917 e. The molecule has 1 fully saturated rings. The van der Waals surface area contributed by atoms with E-state index in [1.807, 2.05) is 18.2 Å². The molecule has 1 unspecified atom stereocenters. The van der Waals surface area contributed by atoms with Gasteiger partial charge in [-0.1, -0.05) is 43.3 Å². The van der Waals surface area contributed by atoms with Gasteiger partial charge in [0, 0.05) is 12.6 Å². The van der Waals surface area contributed by atoms with Gasteiger partial charge in [-0.25, -0.2) is 0 Å². The van der Waals surface area contributed by atoms with E-state index in [0.29, 0.717) is 6.04 Å². The summed E-state index contributed by atoms with van der Waals surface area (Å²) in [4.78, 5) is 2.39. The molecular formula is C17H21NO. The highest BCUT2D eigenvalue weighted by Crippen LogP contribution is 2.29. The van der Waals surface area contributed by atoms with Gasteiger partial charge in [-0.3, -0.25) is 4.90 Å². The zero-order valence-electron chi connectivity index (χ0n) is 11.4. The van der Waals surface area contributed by atoms with Crippen LogP contribution in [0.1, 0.15) is 31.4 Å². The second kappa shape index (κ2) is 5.32. The Labute approximate surface area is 114 Å². The quantitative estimate of drug-likeness (QED) is 0.885. The normalized spacial score (nSPS) is 17.0. The van der Waals surface area contributed by atoms with Crippen molar-refractivity contribution in [3.05, 3.63) is 48.0 Å². The Kier molecular flexibility index (Phi) is 3.54. The molecule has 1 aliphatic rings. The third kappa shape index (κ3) is 2.80. The molecule has 0 bridgehead atoms. The van der Waals surface area contributed by atoms with Gasteiger partial charge in [0.1, 0.15) is 0 Å². The summed E-state index contributed by atoms with van der Waals surface area (Å²) < 4.78 is 0. The van der Waals surface area contributed by atoms with E-state index >= 15 is 0 Å². The van der Waals surface area contributed by atoms with Crippen molar-refractivity contribution in [2.24, 2.45) is 0 Å². The number of hydrogen-bond donors (Lipinski definition) is 1. The van der Waals surface area contributed by atoms with E-state index in [9.17, 15) is 5.11 Å². The van der Waals surface area contributed by atoms with E-state index in [-0.39, 0.29) is 6.10 Å². The molecule has 100 valence electrons. The van der Waals surface area contributed by atoms with E-state index in [1.165, 1.54) is 23.6 Å². The summed E-state index contributed by atoms with van der Waals surface area (Å²) >= 11 is 0. The molecule has 1 aliphatic carbocycles. The van der Waals surface area contributed by atoms with Crippen LogP contribution in [0.15, 0.2) is 42.5 Å². The predicted molar refractivity (Wildman–Crippen MR) is 79.2 cm³/mol. The lowest BCUT2D eigenvalue weighted by atomic mass is 10.0. The van der Waals surface area contributed by atoms with Crippen LogP contribution < -0.4 is 0 Å². The van der Waals surface area contributed by atoms with E-state index in [2.05, 4.69) is 36.1 Å². The highest BCUT2D eigenvalue weighted by molar-refractivity contribution is 5.83. The largest absolute Gasteiger partial charge is 0.387 e. The highest BCUT2D eigenvalue weighted by Gasteiger charge is 2.29. The van der Waals surface area contributed by atoms with Crippen LogP contribution in [0.4, 0.5) is 0 Å². The molecule has 0 radical (unpaired) electrons. The molecule has 0 saturated heterocycles. The molecule has 2 heteroatoms. The summed E-state index contributed by atoms with van der Waals surface area (Å²) in [6.07, 6.45) is 2.20. The first kappa shape index (κ1) is 12.6. The second-order valence-electron chi connectivity index (χ2n) is 5.44. The first-order valence-electron chi connectivity index (χ1n) is 7.18. The highest BCUT2D eigenvalue weighted by atomic mass is 16.3. The van der Waals surface area contributed by atoms with Gasteiger partial charge in [0.05, 0.1) is 6.10 Å². The van der Waals surface area contributed by atoms with Crippen molar-refractivity contribution in [3.8, 4) is 0 Å². The third-order valence-electron chi connectivity index (χ3n) is 4.04. The van der Waals surface area contributed by atoms with Crippen molar-refractivity contribution in [2.75, 3.05) is 13.1 Å². The number of nitrogens with zero attached hydrogens (tertiary/aromatic N) is 1. The molecule has 2 nitrogen and oxygen atoms in total. The van der Waals surface area contributed by atoms with Gasteiger partial charge in [0.15, 0.2) is 0 Å². The van der Waals surface area contributed by atoms with Crippen molar-refractivity contribution in [3.63, 3.8) is 0 Å². The maximum atomic E-state index is 10.4. The molecule has 1 N–H and O–H groups in total. The summed E-state index contributed by atoms with van der Waals surface area (Å²) in [5, 5.41) is 12.8. The smallest absolute Gasteiger partial charge is 0.0917 e. The molecule has 0 amide bonds. The molecule has 2 aromatic carbocycles. The van der Waals surface area contributed by atoms with Crippen LogP contribution in [-0.4, -0.2) is 29.1 Å². The van der Waals surface area contributed by atoms with Crippen molar-refractivity contribution in [2.45, 2.75) is 31.9 Å². The van der Waals surface area contributed by atoms with Gasteiger partial charge >= 0.3 is 0 Å². The van der Waals surface area contributed by atoms with Gasteiger partial charge in [-0.2, -0.15) is 0 Å². The summed E-state index contributed by atoms with van der Waals surface area (Å²) in [5.74, 6) is 0. The van der Waals surface area contributed by atoms with Gasteiger partial charge in [0.25, 0.3) is 0 Å². The van der Waals surface area contributed by atoms with E-state index in [1.54, 1.807) is 0 Å². The molecule has 19 heavy (non-hydrogen) atoms. The van der Waals surface area contributed by atoms with Gasteiger partial charge in [-0.15, -0.1) is 0 Å². The topological polar surface area (TPSA) is 23.5 Å². The minimum atomic E-state index is -0.384. The fraction of sp³-hybridized carbons (Fsp3) is 0.412. The lowest BCUT2D eigenvalue weighted by Gasteiger charge is -2.23. The number of benzene rings is 2. The Morgan fingerprint density at radius 2 is 1.89 bits per heavy atom. The van der Waals surface area contributed by atoms with Gasteiger partial charge < -0.3 is 5.11 Å². The summed E-state index contributed by atoms with van der Waals surface area (Å²) in [7, 11) is 0. The molecule has 0 aliphatic heterocycles. The van der Waals surface area contributed by atoms with Gasteiger partial charge in [0.2, 0.25) is 0 Å².